The maximum atomic E-state index is 13.0. The van der Waals surface area contributed by atoms with E-state index >= 15 is 0 Å². The Morgan fingerprint density at radius 2 is 1.42 bits per heavy atom. The second kappa shape index (κ2) is 10.5. The predicted molar refractivity (Wildman–Crippen MR) is 128 cm³/mol. The molecule has 170 valence electrons. The van der Waals surface area contributed by atoms with E-state index in [0.29, 0.717) is 5.69 Å². The smallest absolute Gasteiger partial charge is 0.411 e. The van der Waals surface area contributed by atoms with Gasteiger partial charge in [0, 0.05) is 12.7 Å². The average Bonchev–Trinajstić information content (AvgIpc) is 2.83. The molecule has 0 aliphatic heterocycles. The van der Waals surface area contributed by atoms with Crippen LogP contribution in [0.2, 0.25) is 0 Å². The lowest BCUT2D eigenvalue weighted by atomic mass is 10.0. The number of hydrogen-bond acceptors (Lipinski definition) is 4. The average molecular weight is 446 g/mol. The molecule has 0 aliphatic rings. The van der Waals surface area contributed by atoms with Gasteiger partial charge in [-0.1, -0.05) is 60.7 Å². The van der Waals surface area contributed by atoms with Crippen molar-refractivity contribution in [3.8, 4) is 0 Å². The normalized spacial score (nSPS) is 10.8. The largest absolute Gasteiger partial charge is 0.444 e. The number of nitrogens with one attached hydrogen (secondary N) is 2. The fourth-order valence-corrected chi connectivity index (χ4v) is 3.25. The summed E-state index contributed by atoms with van der Waals surface area (Å²) in [5.74, 6) is -0.775. The van der Waals surface area contributed by atoms with Crippen molar-refractivity contribution in [3.05, 3.63) is 96.1 Å². The first kappa shape index (κ1) is 23.5. The zero-order valence-corrected chi connectivity index (χ0v) is 18.9. The summed E-state index contributed by atoms with van der Waals surface area (Å²) in [6.45, 7) is 3.38. The van der Waals surface area contributed by atoms with Crippen molar-refractivity contribution >= 4 is 29.3 Å². The van der Waals surface area contributed by atoms with Crippen molar-refractivity contribution in [2.24, 2.45) is 0 Å². The number of benzene rings is 3. The summed E-state index contributed by atoms with van der Waals surface area (Å²) in [6, 6.07) is 25.0. The second-order valence-corrected chi connectivity index (χ2v) is 8.01. The van der Waals surface area contributed by atoms with Gasteiger partial charge in [-0.2, -0.15) is 0 Å². The van der Waals surface area contributed by atoms with Gasteiger partial charge in [-0.25, -0.2) is 4.79 Å². The molecule has 0 fully saturated rings. The van der Waals surface area contributed by atoms with Crippen LogP contribution in [0.1, 0.15) is 29.8 Å². The molecular weight excluding hydrogens is 418 g/mol. The minimum Gasteiger partial charge on any atom is -0.444 e. The van der Waals surface area contributed by atoms with Gasteiger partial charge in [-0.3, -0.25) is 14.9 Å². The highest BCUT2D eigenvalue weighted by atomic mass is 16.5. The van der Waals surface area contributed by atoms with Crippen molar-refractivity contribution in [2.75, 3.05) is 17.3 Å². The van der Waals surface area contributed by atoms with Gasteiger partial charge in [0.25, 0.3) is 11.8 Å². The molecule has 33 heavy (non-hydrogen) atoms. The number of anilines is 2. The molecule has 0 saturated heterocycles. The van der Waals surface area contributed by atoms with Crippen LogP contribution in [0.3, 0.4) is 0 Å². The van der Waals surface area contributed by atoms with Crippen LogP contribution in [0.4, 0.5) is 16.2 Å². The van der Waals surface area contributed by atoms with E-state index in [-0.39, 0.29) is 23.8 Å². The van der Waals surface area contributed by atoms with E-state index in [9.17, 15) is 14.4 Å². The number of carbonyl (C=O) groups excluding carboxylic acids is 3. The highest BCUT2D eigenvalue weighted by molar-refractivity contribution is 6.07. The molecule has 7 nitrogen and oxygen atoms in total. The number of amides is 3. The molecule has 3 rings (SSSR count). The lowest BCUT2D eigenvalue weighted by molar-refractivity contribution is -0.123. The molecule has 0 radical (unpaired) electrons. The molecule has 2 N–H and O–H groups in total. The molecule has 3 aromatic carbocycles. The Morgan fingerprint density at radius 1 is 0.848 bits per heavy atom. The monoisotopic (exact) mass is 445 g/mol. The van der Waals surface area contributed by atoms with E-state index in [1.807, 2.05) is 60.7 Å². The van der Waals surface area contributed by atoms with Crippen molar-refractivity contribution < 1.29 is 19.1 Å². The first-order valence-corrected chi connectivity index (χ1v) is 10.5. The molecule has 0 bridgehead atoms. The number of carbonyl (C=O) groups is 3. The van der Waals surface area contributed by atoms with E-state index < -0.39 is 17.5 Å². The van der Waals surface area contributed by atoms with Crippen LogP contribution in [0.5, 0.6) is 0 Å². The molecule has 3 aromatic rings. The first-order chi connectivity index (χ1) is 15.8. The predicted octanol–water partition coefficient (Wildman–Crippen LogP) is 4.61. The highest BCUT2D eigenvalue weighted by Gasteiger charge is 2.33. The van der Waals surface area contributed by atoms with E-state index in [4.69, 9.17) is 4.74 Å². The molecule has 0 unspecified atom stereocenters. The number of likely N-dealkylation sites (N-methyl/N-ethyl adjacent to an activating group) is 1. The Balaban J connectivity index is 1.67. The topological polar surface area (TPSA) is 87.7 Å². The van der Waals surface area contributed by atoms with Gasteiger partial charge in [0.05, 0.1) is 11.3 Å². The summed E-state index contributed by atoms with van der Waals surface area (Å²) >= 11 is 0. The fourth-order valence-electron chi connectivity index (χ4n) is 3.25. The van der Waals surface area contributed by atoms with Crippen LogP contribution in [0, 0.1) is 0 Å². The summed E-state index contributed by atoms with van der Waals surface area (Å²) in [7, 11) is 1.66. The van der Waals surface area contributed by atoms with Crippen molar-refractivity contribution in [2.45, 2.75) is 26.0 Å². The van der Waals surface area contributed by atoms with Crippen LogP contribution in [-0.4, -0.2) is 30.5 Å². The van der Waals surface area contributed by atoms with Gasteiger partial charge in [-0.05, 0) is 43.7 Å². The summed E-state index contributed by atoms with van der Waals surface area (Å²) in [5.41, 5.74) is 0.877. The summed E-state index contributed by atoms with van der Waals surface area (Å²) < 4.78 is 5.24. The van der Waals surface area contributed by atoms with Gasteiger partial charge in [-0.15, -0.1) is 0 Å². The van der Waals surface area contributed by atoms with Gasteiger partial charge in [0.1, 0.15) is 12.1 Å². The van der Waals surface area contributed by atoms with Crippen molar-refractivity contribution in [1.82, 2.24) is 5.32 Å². The van der Waals surface area contributed by atoms with Gasteiger partial charge in [0.2, 0.25) is 0 Å². The molecule has 0 saturated carbocycles. The zero-order chi connectivity index (χ0) is 23.8. The molecule has 0 spiro atoms. The number of nitrogens with zero attached hydrogens (tertiary/aromatic N) is 1. The van der Waals surface area contributed by atoms with Crippen LogP contribution in [0.25, 0.3) is 0 Å². The Labute approximate surface area is 193 Å². The third kappa shape index (κ3) is 6.20. The SMILES string of the molecule is CN(C(=O)C(C)(C)NC(=O)c1ccccc1NC(=O)OCc1ccccc1)c1ccccc1. The number of para-hydroxylation sites is 2. The molecule has 0 aliphatic carbocycles. The standard InChI is InChI=1S/C26H27N3O4/c1-26(2,24(31)29(3)20-14-8-5-9-15-20)28-23(30)21-16-10-11-17-22(21)27-25(32)33-18-19-12-6-4-7-13-19/h4-17H,18H2,1-3H3,(H,27,32)(H,28,30). The molecule has 0 aromatic heterocycles. The lowest BCUT2D eigenvalue weighted by Gasteiger charge is -2.30. The quantitative estimate of drug-likeness (QED) is 0.556. The van der Waals surface area contributed by atoms with Crippen LogP contribution < -0.4 is 15.5 Å². The van der Waals surface area contributed by atoms with Crippen LogP contribution in [0.15, 0.2) is 84.9 Å². The number of ether oxygens (including phenoxy) is 1. The Morgan fingerprint density at radius 3 is 2.09 bits per heavy atom. The highest BCUT2D eigenvalue weighted by Crippen LogP contribution is 2.20. The summed E-state index contributed by atoms with van der Waals surface area (Å²) in [4.78, 5) is 39.8. The van der Waals surface area contributed by atoms with Crippen LogP contribution >= 0.6 is 0 Å². The minimum absolute atomic E-state index is 0.106. The van der Waals surface area contributed by atoms with E-state index in [0.717, 1.165) is 5.56 Å². The molecule has 0 heterocycles. The minimum atomic E-state index is -1.19. The maximum Gasteiger partial charge on any atom is 0.411 e. The number of rotatable bonds is 7. The summed E-state index contributed by atoms with van der Waals surface area (Å²) in [6.07, 6.45) is -0.682. The fraction of sp³-hybridized carbons (Fsp3) is 0.192. The first-order valence-electron chi connectivity index (χ1n) is 10.5. The Bertz CT molecular complexity index is 1110. The maximum absolute atomic E-state index is 13.0. The van der Waals surface area contributed by atoms with Gasteiger partial charge < -0.3 is 15.0 Å². The molecular formula is C26H27N3O4. The van der Waals surface area contributed by atoms with Gasteiger partial charge >= 0.3 is 6.09 Å². The van der Waals surface area contributed by atoms with E-state index in [2.05, 4.69) is 10.6 Å². The second-order valence-electron chi connectivity index (χ2n) is 8.01. The third-order valence-corrected chi connectivity index (χ3v) is 5.03. The van der Waals surface area contributed by atoms with Crippen molar-refractivity contribution in [3.63, 3.8) is 0 Å². The van der Waals surface area contributed by atoms with E-state index in [1.165, 1.54) is 4.90 Å². The Kier molecular flexibility index (Phi) is 7.46. The summed E-state index contributed by atoms with van der Waals surface area (Å²) in [5, 5.41) is 5.38. The third-order valence-electron chi connectivity index (χ3n) is 5.03. The van der Waals surface area contributed by atoms with Gasteiger partial charge in [0.15, 0.2) is 0 Å². The lowest BCUT2D eigenvalue weighted by Crippen LogP contribution is -2.55. The zero-order valence-electron chi connectivity index (χ0n) is 18.9. The number of hydrogen-bond donors (Lipinski definition) is 2. The van der Waals surface area contributed by atoms with Crippen molar-refractivity contribution in [1.29, 1.82) is 0 Å². The van der Waals surface area contributed by atoms with E-state index in [1.54, 1.807) is 45.2 Å². The molecule has 0 atom stereocenters. The Hall–Kier alpha value is -4.13. The van der Waals surface area contributed by atoms with Crippen LogP contribution in [-0.2, 0) is 16.1 Å². The molecule has 7 heteroatoms. The molecule has 3 amide bonds.